The summed E-state index contributed by atoms with van der Waals surface area (Å²) in [6.45, 7) is 0. The van der Waals surface area contributed by atoms with E-state index in [0.29, 0.717) is 16.5 Å². The molecule has 0 saturated carbocycles. The zero-order chi connectivity index (χ0) is 12.0. The SMILES string of the molecule is ClC1=C(Cl)CC(Cl)(Cl)C=C1.c1ccccc1. The molecule has 0 unspecified atom stereocenters. The van der Waals surface area contributed by atoms with Crippen molar-refractivity contribution in [2.45, 2.75) is 10.8 Å². The largest absolute Gasteiger partial charge is 0.141 e. The molecule has 0 heterocycles. The van der Waals surface area contributed by atoms with Gasteiger partial charge in [0, 0.05) is 11.5 Å². The van der Waals surface area contributed by atoms with E-state index in [1.165, 1.54) is 0 Å². The Morgan fingerprint density at radius 3 is 1.62 bits per heavy atom. The van der Waals surface area contributed by atoms with Gasteiger partial charge in [0.25, 0.3) is 0 Å². The lowest BCUT2D eigenvalue weighted by Gasteiger charge is -2.18. The number of rotatable bonds is 0. The molecule has 0 atom stereocenters. The fourth-order valence-electron chi connectivity index (χ4n) is 1.02. The Morgan fingerprint density at radius 1 is 0.875 bits per heavy atom. The summed E-state index contributed by atoms with van der Waals surface area (Å²) in [4.78, 5) is 0. The maximum Gasteiger partial charge on any atom is 0.141 e. The highest BCUT2D eigenvalue weighted by Gasteiger charge is 2.25. The minimum atomic E-state index is -0.879. The van der Waals surface area contributed by atoms with E-state index in [0.717, 1.165) is 0 Å². The average molecular weight is 296 g/mol. The van der Waals surface area contributed by atoms with Crippen LogP contribution in [0.4, 0.5) is 0 Å². The Labute approximate surface area is 115 Å². The van der Waals surface area contributed by atoms with Crippen LogP contribution >= 0.6 is 46.4 Å². The minimum Gasteiger partial charge on any atom is -0.0966 e. The van der Waals surface area contributed by atoms with Gasteiger partial charge in [-0.3, -0.25) is 0 Å². The number of hydrogen-bond acceptors (Lipinski definition) is 0. The fraction of sp³-hybridized carbons (Fsp3) is 0.167. The number of allylic oxidation sites excluding steroid dienone is 4. The van der Waals surface area contributed by atoms with E-state index in [1.54, 1.807) is 12.2 Å². The summed E-state index contributed by atoms with van der Waals surface area (Å²) in [5, 5.41) is 1.02. The van der Waals surface area contributed by atoms with Crippen molar-refractivity contribution in [2.75, 3.05) is 0 Å². The first kappa shape index (κ1) is 13.9. The van der Waals surface area contributed by atoms with Crippen LogP contribution in [-0.2, 0) is 0 Å². The van der Waals surface area contributed by atoms with Gasteiger partial charge in [-0.1, -0.05) is 82.8 Å². The molecule has 4 heteroatoms. The molecule has 0 bridgehead atoms. The first-order chi connectivity index (χ1) is 7.51. The third kappa shape index (κ3) is 5.27. The lowest BCUT2D eigenvalue weighted by Crippen LogP contribution is -2.11. The molecule has 0 N–H and O–H groups in total. The van der Waals surface area contributed by atoms with E-state index in [1.807, 2.05) is 36.4 Å². The summed E-state index contributed by atoms with van der Waals surface area (Å²) in [7, 11) is 0. The van der Waals surface area contributed by atoms with Crippen molar-refractivity contribution in [3.63, 3.8) is 0 Å². The van der Waals surface area contributed by atoms with Crippen LogP contribution in [0.2, 0.25) is 0 Å². The molecule has 1 aromatic rings. The monoisotopic (exact) mass is 294 g/mol. The van der Waals surface area contributed by atoms with Crippen molar-refractivity contribution < 1.29 is 0 Å². The van der Waals surface area contributed by atoms with Crippen LogP contribution in [0.3, 0.4) is 0 Å². The lowest BCUT2D eigenvalue weighted by molar-refractivity contribution is 0.942. The van der Waals surface area contributed by atoms with Crippen LogP contribution in [0.1, 0.15) is 6.42 Å². The van der Waals surface area contributed by atoms with Crippen LogP contribution in [0.25, 0.3) is 0 Å². The Hall–Kier alpha value is -0.140. The molecule has 0 nitrogen and oxygen atoms in total. The van der Waals surface area contributed by atoms with E-state index in [-0.39, 0.29) is 0 Å². The number of hydrogen-bond donors (Lipinski definition) is 0. The summed E-state index contributed by atoms with van der Waals surface area (Å²) in [6.07, 6.45) is 3.60. The molecule has 1 aliphatic carbocycles. The van der Waals surface area contributed by atoms with Gasteiger partial charge >= 0.3 is 0 Å². The van der Waals surface area contributed by atoms with Gasteiger partial charge in [-0.15, -0.1) is 0 Å². The molecule has 86 valence electrons. The predicted octanol–water partition coefficient (Wildman–Crippen LogP) is 5.50. The lowest BCUT2D eigenvalue weighted by atomic mass is 10.2. The highest BCUT2D eigenvalue weighted by Crippen LogP contribution is 2.38. The number of alkyl halides is 2. The molecule has 0 radical (unpaired) electrons. The molecule has 1 aromatic carbocycles. The maximum atomic E-state index is 5.73. The summed E-state index contributed by atoms with van der Waals surface area (Å²) < 4.78 is -0.879. The smallest absolute Gasteiger partial charge is 0.0966 e. The van der Waals surface area contributed by atoms with Crippen molar-refractivity contribution in [2.24, 2.45) is 0 Å². The topological polar surface area (TPSA) is 0 Å². The molecule has 2 rings (SSSR count). The second-order valence-corrected chi connectivity index (χ2v) is 5.58. The molecular weight excluding hydrogens is 286 g/mol. The molecule has 16 heavy (non-hydrogen) atoms. The molecule has 0 aliphatic heterocycles. The van der Waals surface area contributed by atoms with Crippen molar-refractivity contribution in [3.05, 3.63) is 58.6 Å². The van der Waals surface area contributed by atoms with Gasteiger partial charge in [0.05, 0.1) is 5.03 Å². The number of benzene rings is 1. The van der Waals surface area contributed by atoms with Gasteiger partial charge < -0.3 is 0 Å². The predicted molar refractivity (Wildman–Crippen MR) is 73.4 cm³/mol. The summed E-state index contributed by atoms with van der Waals surface area (Å²) >= 11 is 22.8. The average Bonchev–Trinajstić information content (AvgIpc) is 2.27. The van der Waals surface area contributed by atoms with Gasteiger partial charge in [-0.2, -0.15) is 0 Å². The van der Waals surface area contributed by atoms with E-state index >= 15 is 0 Å². The molecule has 0 saturated heterocycles. The van der Waals surface area contributed by atoms with E-state index < -0.39 is 4.33 Å². The Bertz CT molecular complexity index is 353. The summed E-state index contributed by atoms with van der Waals surface area (Å²) in [5.41, 5.74) is 0. The summed E-state index contributed by atoms with van der Waals surface area (Å²) in [6, 6.07) is 12.0. The zero-order valence-electron chi connectivity index (χ0n) is 8.34. The highest BCUT2D eigenvalue weighted by atomic mass is 35.5. The van der Waals surface area contributed by atoms with Crippen LogP contribution in [0, 0.1) is 0 Å². The van der Waals surface area contributed by atoms with Gasteiger partial charge in [-0.25, -0.2) is 0 Å². The van der Waals surface area contributed by atoms with Crippen molar-refractivity contribution in [3.8, 4) is 0 Å². The van der Waals surface area contributed by atoms with Gasteiger partial charge in [-0.05, 0) is 12.2 Å². The normalized spacial score (nSPS) is 17.8. The van der Waals surface area contributed by atoms with Gasteiger partial charge in [0.1, 0.15) is 4.33 Å². The van der Waals surface area contributed by atoms with Crippen molar-refractivity contribution in [1.29, 1.82) is 0 Å². The fourth-order valence-corrected chi connectivity index (χ4v) is 1.95. The second-order valence-electron chi connectivity index (χ2n) is 3.18. The molecular formula is C12H10Cl4. The van der Waals surface area contributed by atoms with Crippen LogP contribution in [0.5, 0.6) is 0 Å². The first-order valence-electron chi connectivity index (χ1n) is 4.62. The Morgan fingerprint density at radius 2 is 1.31 bits per heavy atom. The minimum absolute atomic E-state index is 0.382. The van der Waals surface area contributed by atoms with Crippen LogP contribution in [0.15, 0.2) is 58.6 Å². The quantitative estimate of drug-likeness (QED) is 0.555. The third-order valence-electron chi connectivity index (χ3n) is 1.79. The molecule has 0 spiro atoms. The van der Waals surface area contributed by atoms with Gasteiger partial charge in [0.2, 0.25) is 0 Å². The molecule has 0 amide bonds. The van der Waals surface area contributed by atoms with E-state index in [9.17, 15) is 0 Å². The van der Waals surface area contributed by atoms with E-state index in [2.05, 4.69) is 0 Å². The number of halogens is 4. The zero-order valence-corrected chi connectivity index (χ0v) is 11.4. The standard InChI is InChI=1S/C6H4Cl4.C6H6/c7-4-1-2-6(9,10)3-5(4)8;1-2-4-6-5-3-1/h1-2H,3H2;1-6H. The van der Waals surface area contributed by atoms with E-state index in [4.69, 9.17) is 46.4 Å². The van der Waals surface area contributed by atoms with Crippen LogP contribution < -0.4 is 0 Å². The molecule has 0 fully saturated rings. The van der Waals surface area contributed by atoms with Crippen molar-refractivity contribution >= 4 is 46.4 Å². The highest BCUT2D eigenvalue weighted by molar-refractivity contribution is 6.51. The third-order valence-corrected chi connectivity index (χ3v) is 3.10. The Balaban J connectivity index is 0.000000181. The second kappa shape index (κ2) is 6.56. The Kier molecular flexibility index (Phi) is 5.71. The maximum absolute atomic E-state index is 5.73. The molecule has 1 aliphatic rings. The molecule has 0 aromatic heterocycles. The van der Waals surface area contributed by atoms with Crippen LogP contribution in [-0.4, -0.2) is 4.33 Å². The van der Waals surface area contributed by atoms with Crippen molar-refractivity contribution in [1.82, 2.24) is 0 Å². The first-order valence-corrected chi connectivity index (χ1v) is 6.14. The summed E-state index contributed by atoms with van der Waals surface area (Å²) in [5.74, 6) is 0. The van der Waals surface area contributed by atoms with Gasteiger partial charge in [0.15, 0.2) is 0 Å².